The van der Waals surface area contributed by atoms with E-state index in [-0.39, 0.29) is 26.1 Å². The van der Waals surface area contributed by atoms with Gasteiger partial charge in [0.05, 0.1) is 19.1 Å². The summed E-state index contributed by atoms with van der Waals surface area (Å²) in [6, 6.07) is 8.68. The zero-order valence-corrected chi connectivity index (χ0v) is 13.3. The fraction of sp³-hybridized carbons (Fsp3) is 0.438. The Labute approximate surface area is 139 Å². The number of piperidine rings is 1. The Hall–Kier alpha value is -2.77. The number of alkyl carbamates (subject to hydrolysis) is 1. The summed E-state index contributed by atoms with van der Waals surface area (Å²) in [6.45, 7) is 0.346. The van der Waals surface area contributed by atoms with Gasteiger partial charge in [-0.2, -0.15) is 0 Å². The Kier molecular flexibility index (Phi) is 6.00. The van der Waals surface area contributed by atoms with Crippen LogP contribution in [0.3, 0.4) is 0 Å². The zero-order chi connectivity index (χ0) is 17.5. The third kappa shape index (κ3) is 4.87. The maximum Gasteiger partial charge on any atom is 0.409 e. The number of amides is 2. The summed E-state index contributed by atoms with van der Waals surface area (Å²) in [5.41, 5.74) is 0.843. The Balaban J connectivity index is 1.90. The fourth-order valence-corrected chi connectivity index (χ4v) is 2.59. The van der Waals surface area contributed by atoms with Crippen LogP contribution in [-0.4, -0.2) is 54.4 Å². The number of nitrogens with one attached hydrogen (secondary N) is 1. The van der Waals surface area contributed by atoms with Gasteiger partial charge >= 0.3 is 18.2 Å². The SMILES string of the molecule is COC(=O)N1CC(NC(=O)OCc2ccccc2)CC(C(=O)O)C1. The number of carbonyl (C=O) groups excluding carboxylic acids is 2. The van der Waals surface area contributed by atoms with Crippen molar-refractivity contribution in [2.24, 2.45) is 5.92 Å². The first-order valence-corrected chi connectivity index (χ1v) is 7.52. The van der Waals surface area contributed by atoms with Crippen molar-refractivity contribution in [2.45, 2.75) is 19.1 Å². The topological polar surface area (TPSA) is 105 Å². The third-order valence-electron chi connectivity index (χ3n) is 3.77. The second-order valence-electron chi connectivity index (χ2n) is 5.55. The van der Waals surface area contributed by atoms with E-state index in [1.54, 1.807) is 0 Å². The van der Waals surface area contributed by atoms with Gasteiger partial charge in [-0.1, -0.05) is 30.3 Å². The van der Waals surface area contributed by atoms with E-state index in [1.165, 1.54) is 12.0 Å². The quantitative estimate of drug-likeness (QED) is 0.862. The third-order valence-corrected chi connectivity index (χ3v) is 3.77. The number of carbonyl (C=O) groups is 3. The van der Waals surface area contributed by atoms with Crippen molar-refractivity contribution in [1.82, 2.24) is 10.2 Å². The van der Waals surface area contributed by atoms with Crippen LogP contribution in [0.25, 0.3) is 0 Å². The summed E-state index contributed by atoms with van der Waals surface area (Å²) in [5, 5.41) is 11.8. The smallest absolute Gasteiger partial charge is 0.409 e. The average molecular weight is 336 g/mol. The van der Waals surface area contributed by atoms with E-state index in [0.29, 0.717) is 0 Å². The molecule has 0 radical (unpaired) electrons. The lowest BCUT2D eigenvalue weighted by molar-refractivity contribution is -0.143. The molecule has 1 saturated heterocycles. The van der Waals surface area contributed by atoms with E-state index in [2.05, 4.69) is 10.1 Å². The number of aliphatic carboxylic acids is 1. The van der Waals surface area contributed by atoms with Crippen molar-refractivity contribution in [1.29, 1.82) is 0 Å². The maximum absolute atomic E-state index is 11.9. The molecule has 1 heterocycles. The lowest BCUT2D eigenvalue weighted by atomic mass is 9.94. The predicted molar refractivity (Wildman–Crippen MR) is 83.3 cm³/mol. The first-order valence-electron chi connectivity index (χ1n) is 7.52. The molecule has 0 saturated carbocycles. The van der Waals surface area contributed by atoms with Gasteiger partial charge in [0.15, 0.2) is 0 Å². The molecule has 2 N–H and O–H groups in total. The number of carboxylic acids is 1. The van der Waals surface area contributed by atoms with Gasteiger partial charge in [0.1, 0.15) is 6.61 Å². The molecule has 1 aliphatic rings. The van der Waals surface area contributed by atoms with Gasteiger partial charge in [-0.25, -0.2) is 9.59 Å². The standard InChI is InChI=1S/C16H20N2O6/c1-23-16(22)18-8-12(14(19)20)7-13(9-18)17-15(21)24-10-11-5-3-2-4-6-11/h2-6,12-13H,7-10H2,1H3,(H,17,21)(H,19,20). The van der Waals surface area contributed by atoms with E-state index in [1.807, 2.05) is 30.3 Å². The molecular formula is C16H20N2O6. The van der Waals surface area contributed by atoms with Gasteiger partial charge in [-0.3, -0.25) is 4.79 Å². The molecular weight excluding hydrogens is 316 g/mol. The van der Waals surface area contributed by atoms with Gasteiger partial charge in [-0.15, -0.1) is 0 Å². The summed E-state index contributed by atoms with van der Waals surface area (Å²) in [4.78, 5) is 36.0. The lowest BCUT2D eigenvalue weighted by Crippen LogP contribution is -2.54. The molecule has 24 heavy (non-hydrogen) atoms. The van der Waals surface area contributed by atoms with Crippen LogP contribution >= 0.6 is 0 Å². The average Bonchev–Trinajstić information content (AvgIpc) is 2.59. The van der Waals surface area contributed by atoms with Gasteiger partial charge in [-0.05, 0) is 12.0 Å². The Morgan fingerprint density at radius 3 is 2.58 bits per heavy atom. The van der Waals surface area contributed by atoms with Crippen molar-refractivity contribution in [3.63, 3.8) is 0 Å². The Bertz CT molecular complexity index is 591. The zero-order valence-electron chi connectivity index (χ0n) is 13.3. The number of benzene rings is 1. The highest BCUT2D eigenvalue weighted by atomic mass is 16.6. The van der Waals surface area contributed by atoms with Crippen molar-refractivity contribution in [3.8, 4) is 0 Å². The molecule has 8 nitrogen and oxygen atoms in total. The molecule has 1 aromatic rings. The normalized spacial score (nSPS) is 20.1. The number of hydrogen-bond donors (Lipinski definition) is 2. The molecule has 1 aliphatic heterocycles. The molecule has 2 amide bonds. The number of nitrogens with zero attached hydrogens (tertiary/aromatic N) is 1. The molecule has 2 atom stereocenters. The van der Waals surface area contributed by atoms with Gasteiger partial charge in [0.25, 0.3) is 0 Å². The molecule has 0 spiro atoms. The maximum atomic E-state index is 11.9. The summed E-state index contributed by atoms with van der Waals surface area (Å²) >= 11 is 0. The molecule has 1 fully saturated rings. The van der Waals surface area contributed by atoms with Gasteiger partial charge < -0.3 is 24.8 Å². The highest BCUT2D eigenvalue weighted by Gasteiger charge is 2.35. The second-order valence-corrected chi connectivity index (χ2v) is 5.55. The fourth-order valence-electron chi connectivity index (χ4n) is 2.59. The summed E-state index contributed by atoms with van der Waals surface area (Å²) in [5.74, 6) is -1.79. The minimum absolute atomic E-state index is 0.0548. The molecule has 1 aromatic carbocycles. The summed E-state index contributed by atoms with van der Waals surface area (Å²) in [7, 11) is 1.23. The van der Waals surface area contributed by atoms with E-state index >= 15 is 0 Å². The van der Waals surface area contributed by atoms with Crippen molar-refractivity contribution in [3.05, 3.63) is 35.9 Å². The largest absolute Gasteiger partial charge is 0.481 e. The Morgan fingerprint density at radius 2 is 1.96 bits per heavy atom. The first kappa shape index (κ1) is 17.6. The molecule has 2 rings (SSSR count). The number of likely N-dealkylation sites (tertiary alicyclic amines) is 1. The number of ether oxygens (including phenoxy) is 2. The van der Waals surface area contributed by atoms with E-state index in [4.69, 9.17) is 4.74 Å². The summed E-state index contributed by atoms with van der Waals surface area (Å²) in [6.07, 6.45) is -1.05. The lowest BCUT2D eigenvalue weighted by Gasteiger charge is -2.35. The van der Waals surface area contributed by atoms with Crippen molar-refractivity contribution >= 4 is 18.2 Å². The van der Waals surface area contributed by atoms with Crippen LogP contribution < -0.4 is 5.32 Å². The van der Waals surface area contributed by atoms with E-state index in [0.717, 1.165) is 5.56 Å². The number of methoxy groups -OCH3 is 1. The minimum Gasteiger partial charge on any atom is -0.481 e. The molecule has 0 aliphatic carbocycles. The van der Waals surface area contributed by atoms with Crippen molar-refractivity contribution < 1.29 is 29.0 Å². The molecule has 8 heteroatoms. The highest BCUT2D eigenvalue weighted by Crippen LogP contribution is 2.18. The number of rotatable bonds is 4. The van der Waals surface area contributed by atoms with Gasteiger partial charge in [0, 0.05) is 13.1 Å². The summed E-state index contributed by atoms with van der Waals surface area (Å²) < 4.78 is 9.74. The van der Waals surface area contributed by atoms with Crippen LogP contribution in [0.5, 0.6) is 0 Å². The second kappa shape index (κ2) is 8.19. The number of hydrogen-bond acceptors (Lipinski definition) is 5. The van der Waals surface area contributed by atoms with Crippen LogP contribution in [0, 0.1) is 5.92 Å². The van der Waals surface area contributed by atoms with Crippen LogP contribution in [0.4, 0.5) is 9.59 Å². The minimum atomic E-state index is -1.02. The highest BCUT2D eigenvalue weighted by molar-refractivity contribution is 5.74. The Morgan fingerprint density at radius 1 is 1.25 bits per heavy atom. The monoisotopic (exact) mass is 336 g/mol. The van der Waals surface area contributed by atoms with Crippen LogP contribution in [0.15, 0.2) is 30.3 Å². The molecule has 0 bridgehead atoms. The number of carboxylic acid groups (broad SMARTS) is 1. The predicted octanol–water partition coefficient (Wildman–Crippen LogP) is 1.45. The molecule has 0 aromatic heterocycles. The van der Waals surface area contributed by atoms with E-state index in [9.17, 15) is 19.5 Å². The molecule has 130 valence electrons. The van der Waals surface area contributed by atoms with Crippen LogP contribution in [-0.2, 0) is 20.9 Å². The van der Waals surface area contributed by atoms with Gasteiger partial charge in [0.2, 0.25) is 0 Å². The van der Waals surface area contributed by atoms with Crippen LogP contribution in [0.2, 0.25) is 0 Å². The molecule has 2 unspecified atom stereocenters. The van der Waals surface area contributed by atoms with Crippen molar-refractivity contribution in [2.75, 3.05) is 20.2 Å². The first-order chi connectivity index (χ1) is 11.5. The van der Waals surface area contributed by atoms with Crippen LogP contribution in [0.1, 0.15) is 12.0 Å². The van der Waals surface area contributed by atoms with E-state index < -0.39 is 30.1 Å².